The fourth-order valence-corrected chi connectivity index (χ4v) is 6.93. The Morgan fingerprint density at radius 1 is 0.976 bits per heavy atom. The predicted molar refractivity (Wildman–Crippen MR) is 174 cm³/mol. The normalized spacial score (nSPS) is 18.2. The Morgan fingerprint density at radius 3 is 2.12 bits per heavy atom. The molecule has 0 aliphatic heterocycles. The van der Waals surface area contributed by atoms with Crippen molar-refractivity contribution < 1.29 is 9.72 Å². The van der Waals surface area contributed by atoms with Crippen LogP contribution in [0.1, 0.15) is 73.4 Å². The van der Waals surface area contributed by atoms with Gasteiger partial charge in [-0.25, -0.2) is 0 Å². The van der Waals surface area contributed by atoms with Gasteiger partial charge in [0.2, 0.25) is 5.91 Å². The molecule has 6 heteroatoms. The van der Waals surface area contributed by atoms with Crippen molar-refractivity contribution in [1.82, 2.24) is 5.32 Å². The first kappa shape index (κ1) is 29.3. The summed E-state index contributed by atoms with van der Waals surface area (Å²) in [6.07, 6.45) is 0.00174. The molecular formula is C36H36N2O3S. The number of rotatable bonds is 8. The number of nitro groups is 1. The molecule has 0 spiro atoms. The zero-order valence-corrected chi connectivity index (χ0v) is 25.5. The Bertz CT molecular complexity index is 1710. The van der Waals surface area contributed by atoms with Crippen molar-refractivity contribution in [2.24, 2.45) is 5.41 Å². The van der Waals surface area contributed by atoms with E-state index in [1.54, 1.807) is 13.8 Å². The molecule has 42 heavy (non-hydrogen) atoms. The molecule has 1 aliphatic carbocycles. The van der Waals surface area contributed by atoms with Gasteiger partial charge in [0.15, 0.2) is 0 Å². The number of hydrogen-bond acceptors (Lipinski definition) is 4. The molecule has 0 fully saturated rings. The van der Waals surface area contributed by atoms with Gasteiger partial charge in [-0.3, -0.25) is 14.9 Å². The van der Waals surface area contributed by atoms with Crippen molar-refractivity contribution in [1.29, 1.82) is 0 Å². The second-order valence-corrected chi connectivity index (χ2v) is 12.8. The summed E-state index contributed by atoms with van der Waals surface area (Å²) < 4.78 is 0. The van der Waals surface area contributed by atoms with Crippen LogP contribution < -0.4 is 5.32 Å². The molecule has 0 saturated heterocycles. The van der Waals surface area contributed by atoms with Gasteiger partial charge in [-0.05, 0) is 57.9 Å². The molecule has 1 amide bonds. The number of carbonyl (C=O) groups is 1. The van der Waals surface area contributed by atoms with Gasteiger partial charge in [-0.15, -0.1) is 0 Å². The Balaban J connectivity index is 1.40. The largest absolute Gasteiger partial charge is 0.320 e. The summed E-state index contributed by atoms with van der Waals surface area (Å²) in [6, 6.07) is 27.7. The summed E-state index contributed by atoms with van der Waals surface area (Å²) in [4.78, 5) is 26.6. The molecule has 0 heterocycles. The topological polar surface area (TPSA) is 72.2 Å². The quantitative estimate of drug-likeness (QED) is 0.168. The Kier molecular flexibility index (Phi) is 7.86. The minimum Gasteiger partial charge on any atom is -0.320 e. The highest BCUT2D eigenvalue weighted by molar-refractivity contribution is 8.05. The molecule has 1 N–H and O–H groups in total. The van der Waals surface area contributed by atoms with E-state index < -0.39 is 11.0 Å². The maximum Gasteiger partial charge on any atom is 0.273 e. The highest BCUT2D eigenvalue weighted by atomic mass is 32.2. The minimum atomic E-state index is -1.56. The summed E-state index contributed by atoms with van der Waals surface area (Å²) >= 11 is 1.34. The maximum atomic E-state index is 13.7. The molecule has 4 aromatic rings. The van der Waals surface area contributed by atoms with Crippen molar-refractivity contribution in [3.63, 3.8) is 0 Å². The number of fused-ring (bicyclic) bond motifs is 3. The SMILES string of the molecule is C=C(NC(=O)C(C)(C)CC1([N+](=O)[O-])c2ccccc2C(C)c2ccccc21)S/C=C(\C)c1ccc(C)c2ccccc12. The van der Waals surface area contributed by atoms with E-state index in [0.29, 0.717) is 16.2 Å². The molecular weight excluding hydrogens is 540 g/mol. The fraction of sp³-hybridized carbons (Fsp3) is 0.250. The molecule has 4 aromatic carbocycles. The molecule has 1 aliphatic rings. The molecule has 214 valence electrons. The number of carbonyl (C=O) groups excluding carboxylic acids is 1. The third-order valence-electron chi connectivity index (χ3n) is 8.57. The number of benzene rings is 4. The van der Waals surface area contributed by atoms with E-state index >= 15 is 0 Å². The summed E-state index contributed by atoms with van der Waals surface area (Å²) in [5.41, 5.74) is 3.92. The summed E-state index contributed by atoms with van der Waals surface area (Å²) in [5.74, 6) is -0.291. The van der Waals surface area contributed by atoms with E-state index in [9.17, 15) is 14.9 Å². The zero-order valence-electron chi connectivity index (χ0n) is 24.7. The van der Waals surface area contributed by atoms with Gasteiger partial charge in [0, 0.05) is 28.4 Å². The van der Waals surface area contributed by atoms with Crippen molar-refractivity contribution in [3.8, 4) is 0 Å². The van der Waals surface area contributed by atoms with Gasteiger partial charge in [-0.1, -0.05) is 124 Å². The molecule has 0 saturated carbocycles. The predicted octanol–water partition coefficient (Wildman–Crippen LogP) is 8.93. The smallest absolute Gasteiger partial charge is 0.273 e. The van der Waals surface area contributed by atoms with Crippen LogP contribution in [0.25, 0.3) is 16.3 Å². The molecule has 0 radical (unpaired) electrons. The standard InChI is InChI=1S/C36H36N2O3S/c1-23-19-20-28(31-16-8-7-13-27(23)31)24(2)21-42-26(4)37-34(39)35(5,6)22-36(38(40)41)32-17-11-9-14-29(32)25(3)30-15-10-12-18-33(30)36/h7-21,25H,4,22H2,1-3,5-6H3,(H,37,39)/b24-21+. The van der Waals surface area contributed by atoms with Crippen LogP contribution in [0.3, 0.4) is 0 Å². The number of hydrogen-bond donors (Lipinski definition) is 1. The molecule has 5 nitrogen and oxygen atoms in total. The third-order valence-corrected chi connectivity index (χ3v) is 9.43. The Hall–Kier alpha value is -4.16. The van der Waals surface area contributed by atoms with E-state index in [1.165, 1.54) is 28.1 Å². The summed E-state index contributed by atoms with van der Waals surface area (Å²) in [6.45, 7) is 13.9. The summed E-state index contributed by atoms with van der Waals surface area (Å²) in [5, 5.41) is 20.9. The maximum absolute atomic E-state index is 13.7. The van der Waals surface area contributed by atoms with Crippen LogP contribution in [0.15, 0.2) is 102 Å². The molecule has 5 rings (SSSR count). The summed E-state index contributed by atoms with van der Waals surface area (Å²) in [7, 11) is 0. The van der Waals surface area contributed by atoms with Crippen molar-refractivity contribution in [2.75, 3.05) is 0 Å². The van der Waals surface area contributed by atoms with Crippen LogP contribution in [0.5, 0.6) is 0 Å². The van der Waals surface area contributed by atoms with Crippen LogP contribution in [-0.4, -0.2) is 10.8 Å². The number of allylic oxidation sites excluding steroid dienone is 1. The van der Waals surface area contributed by atoms with Crippen LogP contribution >= 0.6 is 11.8 Å². The monoisotopic (exact) mass is 576 g/mol. The number of nitrogens with zero attached hydrogens (tertiary/aromatic N) is 1. The lowest BCUT2D eigenvalue weighted by Crippen LogP contribution is -2.48. The lowest BCUT2D eigenvalue weighted by Gasteiger charge is -2.40. The van der Waals surface area contributed by atoms with E-state index in [0.717, 1.165) is 22.3 Å². The van der Waals surface area contributed by atoms with Gasteiger partial charge in [0.25, 0.3) is 5.54 Å². The first-order valence-electron chi connectivity index (χ1n) is 14.1. The molecule has 0 unspecified atom stereocenters. The van der Waals surface area contributed by atoms with Crippen molar-refractivity contribution >= 4 is 34.0 Å². The first-order chi connectivity index (χ1) is 20.0. The average molecular weight is 577 g/mol. The van der Waals surface area contributed by atoms with Gasteiger partial charge in [-0.2, -0.15) is 0 Å². The van der Waals surface area contributed by atoms with Gasteiger partial charge in [0.1, 0.15) is 0 Å². The third kappa shape index (κ3) is 5.05. The lowest BCUT2D eigenvalue weighted by atomic mass is 9.63. The molecule has 0 bridgehead atoms. The van der Waals surface area contributed by atoms with Crippen molar-refractivity contribution in [2.45, 2.75) is 52.5 Å². The Morgan fingerprint density at radius 2 is 1.52 bits per heavy atom. The second kappa shape index (κ2) is 11.3. The van der Waals surface area contributed by atoms with Crippen molar-refractivity contribution in [3.05, 3.63) is 145 Å². The molecule has 0 aromatic heterocycles. The van der Waals surface area contributed by atoms with Crippen LogP contribution in [0, 0.1) is 22.5 Å². The molecule has 0 atom stereocenters. The van der Waals surface area contributed by atoms with Gasteiger partial charge >= 0.3 is 0 Å². The van der Waals surface area contributed by atoms with Gasteiger partial charge < -0.3 is 5.32 Å². The number of thioether (sulfide) groups is 1. The number of amides is 1. The highest BCUT2D eigenvalue weighted by Gasteiger charge is 2.56. The van der Waals surface area contributed by atoms with Gasteiger partial charge in [0.05, 0.1) is 10.4 Å². The van der Waals surface area contributed by atoms with Crippen LogP contribution in [-0.2, 0) is 10.3 Å². The average Bonchev–Trinajstić information content (AvgIpc) is 2.98. The lowest BCUT2D eigenvalue weighted by molar-refractivity contribution is -0.570. The van der Waals surface area contributed by atoms with Crippen LogP contribution in [0.2, 0.25) is 0 Å². The number of nitrogens with one attached hydrogen (secondary N) is 1. The van der Waals surface area contributed by atoms with E-state index in [1.807, 2.05) is 73.0 Å². The second-order valence-electron chi connectivity index (χ2n) is 11.8. The Labute approximate surface area is 251 Å². The highest BCUT2D eigenvalue weighted by Crippen LogP contribution is 2.52. The zero-order chi connectivity index (χ0) is 30.2. The number of aryl methyl sites for hydroxylation is 1. The van der Waals surface area contributed by atoms with E-state index in [4.69, 9.17) is 0 Å². The van der Waals surface area contributed by atoms with Crippen LogP contribution in [0.4, 0.5) is 0 Å². The minimum absolute atomic E-state index is 0.00174. The fourth-order valence-electron chi connectivity index (χ4n) is 6.33. The van der Waals surface area contributed by atoms with E-state index in [2.05, 4.69) is 50.0 Å². The first-order valence-corrected chi connectivity index (χ1v) is 15.0. The van der Waals surface area contributed by atoms with E-state index in [-0.39, 0.29) is 23.2 Å².